The molecule has 132 valence electrons. The highest BCUT2D eigenvalue weighted by atomic mass is 19.4. The van der Waals surface area contributed by atoms with E-state index in [2.05, 4.69) is 11.9 Å². The molecule has 2 saturated heterocycles. The van der Waals surface area contributed by atoms with Crippen LogP contribution in [-0.2, 0) is 4.79 Å². The average Bonchev–Trinajstić information content (AvgIpc) is 3.13. The predicted octanol–water partition coefficient (Wildman–Crippen LogP) is 3.44. The van der Waals surface area contributed by atoms with Crippen LogP contribution in [0.15, 0.2) is 0 Å². The van der Waals surface area contributed by atoms with Crippen molar-refractivity contribution in [2.75, 3.05) is 20.1 Å². The molecule has 0 aromatic heterocycles. The van der Waals surface area contributed by atoms with Gasteiger partial charge in [-0.05, 0) is 52.1 Å². The Morgan fingerprint density at radius 3 is 2.22 bits per heavy atom. The third kappa shape index (κ3) is 3.37. The summed E-state index contributed by atoms with van der Waals surface area (Å²) in [5.74, 6) is -2.52. The standard InChI is InChI=1S/C17H27F3N2O/c1-21-10-4-8-14(21)15-9-5-11-22(15)16(23)12-6-2-3-7-13(12)17(18,19)20/h12-15H,2-11H2,1H3/t12-,13+,14-,15+/m1/s1. The molecule has 1 saturated carbocycles. The van der Waals surface area contributed by atoms with Gasteiger partial charge in [-0.3, -0.25) is 4.79 Å². The summed E-state index contributed by atoms with van der Waals surface area (Å²) in [6.07, 6.45) is 1.61. The highest BCUT2D eigenvalue weighted by Crippen LogP contribution is 2.43. The molecule has 3 fully saturated rings. The number of carbonyl (C=O) groups excluding carboxylic acids is 1. The molecule has 3 aliphatic rings. The Bertz CT molecular complexity index is 440. The Balaban J connectivity index is 1.75. The maximum atomic E-state index is 13.3. The minimum Gasteiger partial charge on any atom is -0.338 e. The molecule has 23 heavy (non-hydrogen) atoms. The zero-order valence-corrected chi connectivity index (χ0v) is 13.8. The Labute approximate surface area is 136 Å². The van der Waals surface area contributed by atoms with Crippen molar-refractivity contribution in [3.8, 4) is 0 Å². The van der Waals surface area contributed by atoms with Crippen molar-refractivity contribution < 1.29 is 18.0 Å². The molecule has 2 aliphatic heterocycles. The smallest absolute Gasteiger partial charge is 0.338 e. The van der Waals surface area contributed by atoms with Crippen molar-refractivity contribution in [3.63, 3.8) is 0 Å². The van der Waals surface area contributed by atoms with Crippen LogP contribution in [0.4, 0.5) is 13.2 Å². The predicted molar refractivity (Wildman–Crippen MR) is 81.9 cm³/mol. The summed E-state index contributed by atoms with van der Waals surface area (Å²) >= 11 is 0. The molecule has 0 aromatic rings. The highest BCUT2D eigenvalue weighted by molar-refractivity contribution is 5.80. The minimum atomic E-state index is -4.25. The first-order chi connectivity index (χ1) is 10.9. The van der Waals surface area contributed by atoms with Gasteiger partial charge in [0, 0.05) is 24.5 Å². The molecule has 0 N–H and O–H groups in total. The molecule has 0 spiro atoms. The first kappa shape index (κ1) is 17.1. The van der Waals surface area contributed by atoms with Gasteiger partial charge in [0.15, 0.2) is 0 Å². The Kier molecular flexibility index (Phi) is 4.90. The lowest BCUT2D eigenvalue weighted by Crippen LogP contribution is -2.51. The topological polar surface area (TPSA) is 23.6 Å². The number of likely N-dealkylation sites (N-methyl/N-ethyl adjacent to an activating group) is 1. The van der Waals surface area contributed by atoms with Gasteiger partial charge in [-0.2, -0.15) is 13.2 Å². The van der Waals surface area contributed by atoms with Crippen LogP contribution in [0.5, 0.6) is 0 Å². The molecular weight excluding hydrogens is 305 g/mol. The molecule has 3 nitrogen and oxygen atoms in total. The number of hydrogen-bond acceptors (Lipinski definition) is 2. The van der Waals surface area contributed by atoms with E-state index in [-0.39, 0.29) is 18.4 Å². The summed E-state index contributed by atoms with van der Waals surface area (Å²) in [5, 5.41) is 0. The van der Waals surface area contributed by atoms with E-state index in [0.29, 0.717) is 25.4 Å². The molecule has 4 atom stereocenters. The van der Waals surface area contributed by atoms with Gasteiger partial charge in [-0.25, -0.2) is 0 Å². The normalized spacial score (nSPS) is 36.6. The molecule has 6 heteroatoms. The summed E-state index contributed by atoms with van der Waals surface area (Å²) in [7, 11) is 2.07. The van der Waals surface area contributed by atoms with Gasteiger partial charge in [0.2, 0.25) is 5.91 Å². The molecule has 0 unspecified atom stereocenters. The molecule has 1 amide bonds. The van der Waals surface area contributed by atoms with E-state index in [0.717, 1.165) is 38.6 Å². The number of halogens is 3. The van der Waals surface area contributed by atoms with Crippen molar-refractivity contribution >= 4 is 5.91 Å². The maximum Gasteiger partial charge on any atom is 0.392 e. The van der Waals surface area contributed by atoms with E-state index in [1.165, 1.54) is 0 Å². The van der Waals surface area contributed by atoms with E-state index in [1.807, 2.05) is 0 Å². The average molecular weight is 332 g/mol. The van der Waals surface area contributed by atoms with Gasteiger partial charge >= 0.3 is 6.18 Å². The van der Waals surface area contributed by atoms with E-state index in [9.17, 15) is 18.0 Å². The number of hydrogen-bond donors (Lipinski definition) is 0. The fourth-order valence-electron chi connectivity index (χ4n) is 4.92. The lowest BCUT2D eigenvalue weighted by atomic mass is 9.77. The van der Waals surface area contributed by atoms with Crippen molar-refractivity contribution in [2.45, 2.75) is 69.6 Å². The number of likely N-dealkylation sites (tertiary alicyclic amines) is 2. The Morgan fingerprint density at radius 2 is 1.57 bits per heavy atom. The van der Waals surface area contributed by atoms with Crippen molar-refractivity contribution in [1.82, 2.24) is 9.80 Å². The number of nitrogens with zero attached hydrogens (tertiary/aromatic N) is 2. The lowest BCUT2D eigenvalue weighted by molar-refractivity contribution is -0.201. The second-order valence-corrected chi connectivity index (χ2v) is 7.47. The summed E-state index contributed by atoms with van der Waals surface area (Å²) in [6.45, 7) is 1.66. The van der Waals surface area contributed by atoms with E-state index in [4.69, 9.17) is 0 Å². The zero-order valence-electron chi connectivity index (χ0n) is 13.8. The van der Waals surface area contributed by atoms with Crippen molar-refractivity contribution in [3.05, 3.63) is 0 Å². The summed E-state index contributed by atoms with van der Waals surface area (Å²) < 4.78 is 40.0. The van der Waals surface area contributed by atoms with Crippen LogP contribution in [0.3, 0.4) is 0 Å². The van der Waals surface area contributed by atoms with Crippen LogP contribution in [-0.4, -0.2) is 54.1 Å². The summed E-state index contributed by atoms with van der Waals surface area (Å²) in [5.41, 5.74) is 0. The molecule has 0 radical (unpaired) electrons. The minimum absolute atomic E-state index is 0.113. The van der Waals surface area contributed by atoms with Gasteiger partial charge < -0.3 is 9.80 Å². The second kappa shape index (κ2) is 6.61. The van der Waals surface area contributed by atoms with Gasteiger partial charge in [-0.1, -0.05) is 12.8 Å². The third-order valence-electron chi connectivity index (χ3n) is 6.11. The number of rotatable bonds is 2. The van der Waals surface area contributed by atoms with Crippen LogP contribution >= 0.6 is 0 Å². The van der Waals surface area contributed by atoms with Crippen molar-refractivity contribution in [1.29, 1.82) is 0 Å². The maximum absolute atomic E-state index is 13.3. The fraction of sp³-hybridized carbons (Fsp3) is 0.941. The second-order valence-electron chi connectivity index (χ2n) is 7.47. The van der Waals surface area contributed by atoms with Gasteiger partial charge in [0.25, 0.3) is 0 Å². The SMILES string of the molecule is CN1CCC[C@@H]1[C@@H]1CCCN1C(=O)[C@@H]1CCCC[C@@H]1C(F)(F)F. The quantitative estimate of drug-likeness (QED) is 0.773. The molecule has 3 rings (SSSR count). The molecule has 0 aromatic carbocycles. The van der Waals surface area contributed by atoms with Crippen molar-refractivity contribution in [2.24, 2.45) is 11.8 Å². The first-order valence-corrected chi connectivity index (χ1v) is 8.97. The van der Waals surface area contributed by atoms with Gasteiger partial charge in [0.05, 0.1) is 5.92 Å². The van der Waals surface area contributed by atoms with Crippen LogP contribution in [0.25, 0.3) is 0 Å². The Hall–Kier alpha value is -0.780. The van der Waals surface area contributed by atoms with Gasteiger partial charge in [-0.15, -0.1) is 0 Å². The summed E-state index contributed by atoms with van der Waals surface area (Å²) in [4.78, 5) is 17.0. The molecule has 0 bridgehead atoms. The fourth-order valence-corrected chi connectivity index (χ4v) is 4.92. The van der Waals surface area contributed by atoms with Crippen LogP contribution < -0.4 is 0 Å². The van der Waals surface area contributed by atoms with Crippen LogP contribution in [0, 0.1) is 11.8 Å². The highest BCUT2D eigenvalue weighted by Gasteiger charge is 2.50. The van der Waals surface area contributed by atoms with Crippen LogP contribution in [0.2, 0.25) is 0 Å². The molecule has 2 heterocycles. The first-order valence-electron chi connectivity index (χ1n) is 8.97. The van der Waals surface area contributed by atoms with Gasteiger partial charge in [0.1, 0.15) is 0 Å². The molecular formula is C17H27F3N2O. The monoisotopic (exact) mass is 332 g/mol. The largest absolute Gasteiger partial charge is 0.392 e. The Morgan fingerprint density at radius 1 is 0.913 bits per heavy atom. The van der Waals surface area contributed by atoms with E-state index in [1.54, 1.807) is 4.90 Å². The van der Waals surface area contributed by atoms with E-state index < -0.39 is 18.0 Å². The number of alkyl halides is 3. The molecule has 1 aliphatic carbocycles. The third-order valence-corrected chi connectivity index (χ3v) is 6.11. The van der Waals surface area contributed by atoms with E-state index >= 15 is 0 Å². The summed E-state index contributed by atoms with van der Waals surface area (Å²) in [6, 6.07) is 0.445. The van der Waals surface area contributed by atoms with Crippen LogP contribution in [0.1, 0.15) is 51.4 Å². The zero-order chi connectivity index (χ0) is 16.6. The number of amides is 1. The lowest BCUT2D eigenvalue weighted by Gasteiger charge is -2.39. The number of carbonyl (C=O) groups is 1.